The summed E-state index contributed by atoms with van der Waals surface area (Å²) in [7, 11) is 0. The van der Waals surface area contributed by atoms with E-state index in [0.717, 1.165) is 51.5 Å². The van der Waals surface area contributed by atoms with Gasteiger partial charge in [0.25, 0.3) is 5.91 Å². The molecule has 0 bridgehead atoms. The van der Waals surface area contributed by atoms with Gasteiger partial charge in [-0.15, -0.1) is 0 Å². The van der Waals surface area contributed by atoms with E-state index in [9.17, 15) is 4.79 Å². The average molecular weight is 356 g/mol. The highest BCUT2D eigenvalue weighted by molar-refractivity contribution is 5.97. The van der Waals surface area contributed by atoms with Gasteiger partial charge in [0.15, 0.2) is 0 Å². The summed E-state index contributed by atoms with van der Waals surface area (Å²) in [6.07, 6.45) is 4.86. The zero-order chi connectivity index (χ0) is 18.4. The largest absolute Gasteiger partial charge is 0.493 e. The van der Waals surface area contributed by atoms with Gasteiger partial charge in [-0.3, -0.25) is 9.69 Å². The zero-order valence-corrected chi connectivity index (χ0v) is 15.7. The molecule has 2 aromatic rings. The van der Waals surface area contributed by atoms with Crippen LogP contribution in [0.2, 0.25) is 0 Å². The van der Waals surface area contributed by atoms with E-state index < -0.39 is 0 Å². The first-order chi connectivity index (χ1) is 12.7. The minimum atomic E-state index is 0.0663. The Labute approximate surface area is 155 Å². The van der Waals surface area contributed by atoms with Crippen LogP contribution in [-0.2, 0) is 13.0 Å². The van der Waals surface area contributed by atoms with Crippen LogP contribution >= 0.6 is 0 Å². The molecule has 140 valence electrons. The van der Waals surface area contributed by atoms with Crippen molar-refractivity contribution < 1.29 is 9.53 Å². The molecule has 6 nitrogen and oxygen atoms in total. The Morgan fingerprint density at radius 2 is 1.88 bits per heavy atom. The monoisotopic (exact) mass is 356 g/mol. The van der Waals surface area contributed by atoms with Crippen LogP contribution in [0.4, 0.5) is 0 Å². The van der Waals surface area contributed by atoms with Crippen molar-refractivity contribution in [2.45, 2.75) is 26.8 Å². The summed E-state index contributed by atoms with van der Waals surface area (Å²) in [5.74, 6) is 1.87. The number of nitrogens with zero attached hydrogens (tertiary/aromatic N) is 4. The second kappa shape index (κ2) is 8.85. The quantitative estimate of drug-likeness (QED) is 0.764. The van der Waals surface area contributed by atoms with Crippen LogP contribution in [0.5, 0.6) is 5.75 Å². The number of benzene rings is 1. The fraction of sp³-hybridized carbons (Fsp3) is 0.500. The van der Waals surface area contributed by atoms with Gasteiger partial charge < -0.3 is 14.2 Å². The van der Waals surface area contributed by atoms with E-state index in [1.165, 1.54) is 0 Å². The number of aromatic nitrogens is 2. The Morgan fingerprint density at radius 3 is 2.62 bits per heavy atom. The summed E-state index contributed by atoms with van der Waals surface area (Å²) >= 11 is 0. The van der Waals surface area contributed by atoms with Gasteiger partial charge in [0.1, 0.15) is 11.6 Å². The van der Waals surface area contributed by atoms with Crippen molar-refractivity contribution in [2.24, 2.45) is 0 Å². The molecule has 0 unspecified atom stereocenters. The standard InChI is InChI=1S/C20H28N4O2/c1-3-19-21-9-10-23(19)14-11-22-12-15-24(16-13-22)20(25)17-7-5-6-8-18(17)26-4-2/h5-10H,3-4,11-16H2,1-2H3. The highest BCUT2D eigenvalue weighted by Gasteiger charge is 2.24. The maximum absolute atomic E-state index is 12.8. The first kappa shape index (κ1) is 18.5. The highest BCUT2D eigenvalue weighted by atomic mass is 16.5. The van der Waals surface area contributed by atoms with E-state index in [2.05, 4.69) is 21.4 Å². The van der Waals surface area contributed by atoms with E-state index in [-0.39, 0.29) is 5.91 Å². The molecule has 1 saturated heterocycles. The third-order valence-electron chi connectivity index (χ3n) is 4.85. The van der Waals surface area contributed by atoms with Crippen molar-refractivity contribution in [3.05, 3.63) is 48.0 Å². The summed E-state index contributed by atoms with van der Waals surface area (Å²) in [4.78, 5) is 21.6. The van der Waals surface area contributed by atoms with Crippen LogP contribution in [0.25, 0.3) is 0 Å². The smallest absolute Gasteiger partial charge is 0.257 e. The molecule has 1 aromatic heterocycles. The number of rotatable bonds is 7. The zero-order valence-electron chi connectivity index (χ0n) is 15.7. The second-order valence-corrected chi connectivity index (χ2v) is 6.45. The van der Waals surface area contributed by atoms with Crippen LogP contribution in [0.15, 0.2) is 36.7 Å². The lowest BCUT2D eigenvalue weighted by Gasteiger charge is -2.35. The van der Waals surface area contributed by atoms with Gasteiger partial charge in [-0.05, 0) is 19.1 Å². The third kappa shape index (κ3) is 4.25. The highest BCUT2D eigenvalue weighted by Crippen LogP contribution is 2.20. The number of amides is 1. The van der Waals surface area contributed by atoms with Gasteiger partial charge in [0.05, 0.1) is 12.2 Å². The third-order valence-corrected chi connectivity index (χ3v) is 4.85. The molecule has 0 N–H and O–H groups in total. The lowest BCUT2D eigenvalue weighted by atomic mass is 10.1. The lowest BCUT2D eigenvalue weighted by Crippen LogP contribution is -2.49. The van der Waals surface area contributed by atoms with Crippen LogP contribution in [0.3, 0.4) is 0 Å². The first-order valence-corrected chi connectivity index (χ1v) is 9.46. The summed E-state index contributed by atoms with van der Waals surface area (Å²) < 4.78 is 7.82. The van der Waals surface area contributed by atoms with Gasteiger partial charge in [-0.2, -0.15) is 0 Å². The number of hydrogen-bond donors (Lipinski definition) is 0. The number of ether oxygens (including phenoxy) is 1. The van der Waals surface area contributed by atoms with E-state index >= 15 is 0 Å². The normalized spacial score (nSPS) is 15.2. The molecule has 2 heterocycles. The maximum atomic E-state index is 12.8. The summed E-state index contributed by atoms with van der Waals surface area (Å²) in [6.45, 7) is 9.87. The SMILES string of the molecule is CCOc1ccccc1C(=O)N1CCN(CCn2ccnc2CC)CC1. The molecule has 1 aliphatic rings. The summed E-state index contributed by atoms with van der Waals surface area (Å²) in [5.41, 5.74) is 0.661. The molecule has 1 fully saturated rings. The molecule has 3 rings (SSSR count). The number of hydrogen-bond acceptors (Lipinski definition) is 4. The summed E-state index contributed by atoms with van der Waals surface area (Å²) in [6, 6.07) is 7.51. The van der Waals surface area contributed by atoms with Crippen LogP contribution in [0.1, 0.15) is 30.0 Å². The maximum Gasteiger partial charge on any atom is 0.257 e. The molecule has 0 saturated carbocycles. The van der Waals surface area contributed by atoms with Crippen molar-refractivity contribution in [3.8, 4) is 5.75 Å². The Kier molecular flexibility index (Phi) is 6.28. The fourth-order valence-corrected chi connectivity index (χ4v) is 3.38. The van der Waals surface area contributed by atoms with Crippen molar-refractivity contribution in [1.29, 1.82) is 0 Å². The number of carbonyl (C=O) groups excluding carboxylic acids is 1. The van der Waals surface area contributed by atoms with E-state index in [1.807, 2.05) is 48.5 Å². The molecule has 1 aromatic carbocycles. The average Bonchev–Trinajstić information content (AvgIpc) is 3.14. The minimum absolute atomic E-state index is 0.0663. The molecule has 1 amide bonds. The van der Waals surface area contributed by atoms with E-state index in [4.69, 9.17) is 4.74 Å². The van der Waals surface area contributed by atoms with Crippen molar-refractivity contribution in [2.75, 3.05) is 39.3 Å². The molecular weight excluding hydrogens is 328 g/mol. The topological polar surface area (TPSA) is 50.6 Å². The van der Waals surface area contributed by atoms with Gasteiger partial charge in [-0.25, -0.2) is 4.98 Å². The molecule has 26 heavy (non-hydrogen) atoms. The Balaban J connectivity index is 1.53. The predicted octanol–water partition coefficient (Wildman–Crippen LogP) is 2.30. The molecule has 0 aliphatic carbocycles. The van der Waals surface area contributed by atoms with Crippen molar-refractivity contribution in [1.82, 2.24) is 19.4 Å². The number of para-hydroxylation sites is 1. The molecular formula is C20H28N4O2. The summed E-state index contributed by atoms with van der Waals surface area (Å²) in [5, 5.41) is 0. The Bertz CT molecular complexity index is 720. The van der Waals surface area contributed by atoms with Crippen molar-refractivity contribution >= 4 is 5.91 Å². The Morgan fingerprint density at radius 1 is 1.12 bits per heavy atom. The van der Waals surface area contributed by atoms with Gasteiger partial charge >= 0.3 is 0 Å². The van der Waals surface area contributed by atoms with Crippen LogP contribution in [-0.4, -0.2) is 64.6 Å². The number of imidazole rings is 1. The predicted molar refractivity (Wildman–Crippen MR) is 102 cm³/mol. The molecule has 0 radical (unpaired) electrons. The Hall–Kier alpha value is -2.34. The molecule has 0 spiro atoms. The fourth-order valence-electron chi connectivity index (χ4n) is 3.38. The van der Waals surface area contributed by atoms with Crippen molar-refractivity contribution in [3.63, 3.8) is 0 Å². The first-order valence-electron chi connectivity index (χ1n) is 9.46. The molecule has 0 atom stereocenters. The number of aryl methyl sites for hydroxylation is 1. The number of carbonyl (C=O) groups is 1. The van der Waals surface area contributed by atoms with Gasteiger partial charge in [0, 0.05) is 58.1 Å². The van der Waals surface area contributed by atoms with Crippen LogP contribution in [0, 0.1) is 0 Å². The second-order valence-electron chi connectivity index (χ2n) is 6.45. The van der Waals surface area contributed by atoms with Crippen LogP contribution < -0.4 is 4.74 Å². The van der Waals surface area contributed by atoms with E-state index in [1.54, 1.807) is 0 Å². The lowest BCUT2D eigenvalue weighted by molar-refractivity contribution is 0.0629. The minimum Gasteiger partial charge on any atom is -0.493 e. The molecule has 1 aliphatic heterocycles. The number of piperazine rings is 1. The van der Waals surface area contributed by atoms with E-state index in [0.29, 0.717) is 17.9 Å². The molecule has 6 heteroatoms. The van der Waals surface area contributed by atoms with Gasteiger partial charge in [-0.1, -0.05) is 19.1 Å². The van der Waals surface area contributed by atoms with Gasteiger partial charge in [0.2, 0.25) is 0 Å².